The standard InChI is InChI=1S/C9H8ClNOS/c1-6(13)9(12)11-8-5-3-2-4-7(8)10/h2-5H,1H3,(H,11,12). The number of rotatable bonds is 2. The van der Waals surface area contributed by atoms with E-state index in [-0.39, 0.29) is 5.91 Å². The minimum Gasteiger partial charge on any atom is -0.320 e. The van der Waals surface area contributed by atoms with Gasteiger partial charge in [0, 0.05) is 0 Å². The van der Waals surface area contributed by atoms with Gasteiger partial charge in [0.05, 0.1) is 15.6 Å². The fourth-order valence-electron chi connectivity index (χ4n) is 0.773. The van der Waals surface area contributed by atoms with E-state index in [1.807, 2.05) is 0 Å². The molecular weight excluding hydrogens is 206 g/mol. The van der Waals surface area contributed by atoms with E-state index in [4.69, 9.17) is 23.8 Å². The third-order valence-electron chi connectivity index (χ3n) is 1.44. The van der Waals surface area contributed by atoms with E-state index in [1.54, 1.807) is 31.2 Å². The lowest BCUT2D eigenvalue weighted by atomic mass is 10.3. The molecule has 0 aliphatic rings. The molecule has 1 rings (SSSR count). The zero-order valence-corrected chi connectivity index (χ0v) is 8.58. The predicted molar refractivity (Wildman–Crippen MR) is 58.4 cm³/mol. The fraction of sp³-hybridized carbons (Fsp3) is 0.111. The minimum atomic E-state index is -0.289. The average molecular weight is 214 g/mol. The summed E-state index contributed by atoms with van der Waals surface area (Å²) in [5, 5.41) is 3.10. The van der Waals surface area contributed by atoms with E-state index in [2.05, 4.69) is 5.32 Å². The first-order chi connectivity index (χ1) is 6.11. The summed E-state index contributed by atoms with van der Waals surface area (Å²) >= 11 is 10.5. The molecule has 0 aromatic heterocycles. The summed E-state index contributed by atoms with van der Waals surface area (Å²) in [6.07, 6.45) is 0. The van der Waals surface area contributed by atoms with Gasteiger partial charge in [0.2, 0.25) is 0 Å². The number of anilines is 1. The van der Waals surface area contributed by atoms with E-state index < -0.39 is 0 Å². The lowest BCUT2D eigenvalue weighted by molar-refractivity contribution is -0.110. The van der Waals surface area contributed by atoms with E-state index in [9.17, 15) is 4.79 Å². The van der Waals surface area contributed by atoms with Gasteiger partial charge < -0.3 is 5.32 Å². The Bertz CT molecular complexity index is 351. The highest BCUT2D eigenvalue weighted by Gasteiger charge is 2.05. The first kappa shape index (κ1) is 10.2. The molecule has 13 heavy (non-hydrogen) atoms. The predicted octanol–water partition coefficient (Wildman–Crippen LogP) is 2.67. The molecule has 0 fully saturated rings. The first-order valence-corrected chi connectivity index (χ1v) is 4.46. The maximum atomic E-state index is 11.2. The summed E-state index contributed by atoms with van der Waals surface area (Å²) in [7, 11) is 0. The van der Waals surface area contributed by atoms with Crippen LogP contribution < -0.4 is 5.32 Å². The second-order valence-electron chi connectivity index (χ2n) is 2.49. The highest BCUT2D eigenvalue weighted by atomic mass is 35.5. The molecule has 0 atom stereocenters. The van der Waals surface area contributed by atoms with Crippen molar-refractivity contribution in [1.82, 2.24) is 0 Å². The van der Waals surface area contributed by atoms with Gasteiger partial charge in [0.25, 0.3) is 5.91 Å². The molecule has 0 bridgehead atoms. The number of benzene rings is 1. The summed E-state index contributed by atoms with van der Waals surface area (Å²) < 4.78 is 0. The number of thiocarbonyl (C=S) groups is 1. The average Bonchev–Trinajstić information content (AvgIpc) is 2.08. The minimum absolute atomic E-state index is 0.289. The topological polar surface area (TPSA) is 29.1 Å². The lowest BCUT2D eigenvalue weighted by Crippen LogP contribution is -2.18. The lowest BCUT2D eigenvalue weighted by Gasteiger charge is -2.04. The molecule has 0 heterocycles. The normalized spacial score (nSPS) is 9.38. The Hall–Kier alpha value is -0.930. The summed E-state index contributed by atoms with van der Waals surface area (Å²) in [4.78, 5) is 11.4. The molecule has 0 saturated heterocycles. The quantitative estimate of drug-likeness (QED) is 0.766. The van der Waals surface area contributed by atoms with Crippen LogP contribution in [0.2, 0.25) is 5.02 Å². The Balaban J connectivity index is 2.81. The zero-order chi connectivity index (χ0) is 9.84. The maximum Gasteiger partial charge on any atom is 0.262 e. The summed E-state index contributed by atoms with van der Waals surface area (Å²) in [6.45, 7) is 1.57. The summed E-state index contributed by atoms with van der Waals surface area (Å²) in [5.74, 6) is -0.289. The van der Waals surface area contributed by atoms with Gasteiger partial charge in [-0.15, -0.1) is 0 Å². The highest BCUT2D eigenvalue weighted by Crippen LogP contribution is 2.20. The van der Waals surface area contributed by atoms with Crippen LogP contribution in [0.5, 0.6) is 0 Å². The Morgan fingerprint density at radius 3 is 2.62 bits per heavy atom. The molecule has 0 aliphatic heterocycles. The van der Waals surface area contributed by atoms with Crippen LogP contribution in [0.25, 0.3) is 0 Å². The smallest absolute Gasteiger partial charge is 0.262 e. The molecule has 0 unspecified atom stereocenters. The first-order valence-electron chi connectivity index (χ1n) is 3.67. The monoisotopic (exact) mass is 213 g/mol. The number of hydrogen-bond acceptors (Lipinski definition) is 2. The molecule has 4 heteroatoms. The van der Waals surface area contributed by atoms with E-state index in [0.717, 1.165) is 0 Å². The zero-order valence-electron chi connectivity index (χ0n) is 7.00. The van der Waals surface area contributed by atoms with Crippen molar-refractivity contribution in [2.75, 3.05) is 5.32 Å². The highest BCUT2D eigenvalue weighted by molar-refractivity contribution is 7.82. The van der Waals surface area contributed by atoms with Gasteiger partial charge in [0.15, 0.2) is 0 Å². The third-order valence-corrected chi connectivity index (χ3v) is 1.96. The van der Waals surface area contributed by atoms with Crippen molar-refractivity contribution in [3.8, 4) is 0 Å². The Kier molecular flexibility index (Phi) is 3.39. The van der Waals surface area contributed by atoms with Crippen LogP contribution in [0.4, 0.5) is 5.69 Å². The summed E-state index contributed by atoms with van der Waals surface area (Å²) in [6, 6.07) is 7.01. The van der Waals surface area contributed by atoms with Crippen molar-refractivity contribution in [3.63, 3.8) is 0 Å². The van der Waals surface area contributed by atoms with Gasteiger partial charge in [-0.3, -0.25) is 4.79 Å². The van der Waals surface area contributed by atoms with Crippen molar-refractivity contribution in [2.24, 2.45) is 0 Å². The van der Waals surface area contributed by atoms with Crippen LogP contribution in [0.1, 0.15) is 6.92 Å². The number of hydrogen-bond donors (Lipinski definition) is 1. The SMILES string of the molecule is CC(=S)C(=O)Nc1ccccc1Cl. The van der Waals surface area contributed by atoms with Crippen LogP contribution in [0, 0.1) is 0 Å². The largest absolute Gasteiger partial charge is 0.320 e. The number of nitrogens with one attached hydrogen (secondary N) is 1. The number of para-hydroxylation sites is 1. The van der Waals surface area contributed by atoms with Crippen LogP contribution >= 0.6 is 23.8 Å². The molecular formula is C9H8ClNOS. The van der Waals surface area contributed by atoms with Gasteiger partial charge >= 0.3 is 0 Å². The van der Waals surface area contributed by atoms with E-state index in [1.165, 1.54) is 0 Å². The van der Waals surface area contributed by atoms with Crippen molar-refractivity contribution in [2.45, 2.75) is 6.92 Å². The number of carbonyl (C=O) groups is 1. The molecule has 1 aromatic carbocycles. The van der Waals surface area contributed by atoms with E-state index >= 15 is 0 Å². The Morgan fingerprint density at radius 1 is 1.46 bits per heavy atom. The molecule has 0 spiro atoms. The van der Waals surface area contributed by atoms with Crippen molar-refractivity contribution in [3.05, 3.63) is 29.3 Å². The van der Waals surface area contributed by atoms with Gasteiger partial charge in [-0.25, -0.2) is 0 Å². The number of halogens is 1. The Labute approximate surface area is 86.9 Å². The van der Waals surface area contributed by atoms with Crippen molar-refractivity contribution in [1.29, 1.82) is 0 Å². The molecule has 0 aliphatic carbocycles. The molecule has 1 amide bonds. The molecule has 1 N–H and O–H groups in total. The number of carbonyl (C=O) groups excluding carboxylic acids is 1. The van der Waals surface area contributed by atoms with Gasteiger partial charge in [-0.05, 0) is 19.1 Å². The molecule has 1 aromatic rings. The van der Waals surface area contributed by atoms with E-state index in [0.29, 0.717) is 15.6 Å². The van der Waals surface area contributed by atoms with Crippen LogP contribution in [0.15, 0.2) is 24.3 Å². The number of amides is 1. The van der Waals surface area contributed by atoms with Crippen molar-refractivity contribution >= 4 is 40.3 Å². The molecule has 0 radical (unpaired) electrons. The maximum absolute atomic E-state index is 11.2. The molecule has 68 valence electrons. The van der Waals surface area contributed by atoms with Gasteiger partial charge in [-0.1, -0.05) is 36.0 Å². The molecule has 0 saturated carbocycles. The second kappa shape index (κ2) is 4.35. The third kappa shape index (κ3) is 2.79. The van der Waals surface area contributed by atoms with Gasteiger partial charge in [-0.2, -0.15) is 0 Å². The molecule has 2 nitrogen and oxygen atoms in total. The van der Waals surface area contributed by atoms with Crippen LogP contribution in [0.3, 0.4) is 0 Å². The summed E-state index contributed by atoms with van der Waals surface area (Å²) in [5.41, 5.74) is 0.582. The Morgan fingerprint density at radius 2 is 2.08 bits per heavy atom. The fourth-order valence-corrected chi connectivity index (χ4v) is 1.01. The van der Waals surface area contributed by atoms with Crippen molar-refractivity contribution < 1.29 is 4.79 Å². The second-order valence-corrected chi connectivity index (χ2v) is 3.51. The van der Waals surface area contributed by atoms with Crippen LogP contribution in [-0.4, -0.2) is 10.8 Å². The van der Waals surface area contributed by atoms with Gasteiger partial charge in [0.1, 0.15) is 0 Å². The van der Waals surface area contributed by atoms with Crippen LogP contribution in [-0.2, 0) is 4.79 Å².